The van der Waals surface area contributed by atoms with Crippen molar-refractivity contribution in [3.8, 4) is 0 Å². The predicted octanol–water partition coefficient (Wildman–Crippen LogP) is 0.419. The number of halogens is 2. The lowest BCUT2D eigenvalue weighted by atomic mass is 10.4. The number of amides is 1. The summed E-state index contributed by atoms with van der Waals surface area (Å²) in [7, 11) is 1.41. The van der Waals surface area contributed by atoms with E-state index < -0.39 is 19.1 Å². The van der Waals surface area contributed by atoms with E-state index in [4.69, 9.17) is 4.74 Å². The molecule has 1 amide bonds. The minimum atomic E-state index is -2.47. The zero-order valence-corrected chi connectivity index (χ0v) is 8.26. The molecule has 0 aromatic heterocycles. The summed E-state index contributed by atoms with van der Waals surface area (Å²) in [6, 6.07) is 0. The fourth-order valence-electron chi connectivity index (χ4n) is 0.670. The molecule has 0 spiro atoms. The average Bonchev–Trinajstić information content (AvgIpc) is 2.15. The standard InChI is InChI=1S/C8H15F2NO3/c1-6(13-2)8(12)11-3-4-14-5-7(9)10/h6-7H,3-5H2,1-2H3,(H,11,12). The Morgan fingerprint density at radius 2 is 2.14 bits per heavy atom. The van der Waals surface area contributed by atoms with Crippen molar-refractivity contribution in [3.05, 3.63) is 0 Å². The summed E-state index contributed by atoms with van der Waals surface area (Å²) in [6.07, 6.45) is -3.01. The lowest BCUT2D eigenvalue weighted by Crippen LogP contribution is -2.36. The van der Waals surface area contributed by atoms with Crippen LogP contribution in [0.5, 0.6) is 0 Å². The van der Waals surface area contributed by atoms with Gasteiger partial charge in [0.15, 0.2) is 0 Å². The van der Waals surface area contributed by atoms with E-state index in [1.54, 1.807) is 6.92 Å². The van der Waals surface area contributed by atoms with Gasteiger partial charge in [0.2, 0.25) is 5.91 Å². The van der Waals surface area contributed by atoms with Crippen LogP contribution in [0, 0.1) is 0 Å². The molecule has 0 aromatic rings. The molecule has 0 aliphatic heterocycles. The van der Waals surface area contributed by atoms with Gasteiger partial charge in [0.1, 0.15) is 12.7 Å². The van der Waals surface area contributed by atoms with Gasteiger partial charge < -0.3 is 14.8 Å². The summed E-state index contributed by atoms with van der Waals surface area (Å²) >= 11 is 0. The Bertz CT molecular complexity index is 167. The van der Waals surface area contributed by atoms with Crippen molar-refractivity contribution in [2.45, 2.75) is 19.5 Å². The van der Waals surface area contributed by atoms with E-state index in [0.717, 1.165) is 0 Å². The van der Waals surface area contributed by atoms with Crippen molar-refractivity contribution in [1.82, 2.24) is 5.32 Å². The molecule has 1 unspecified atom stereocenters. The molecule has 14 heavy (non-hydrogen) atoms. The second-order valence-electron chi connectivity index (χ2n) is 2.63. The summed E-state index contributed by atoms with van der Waals surface area (Å²) in [4.78, 5) is 11.0. The van der Waals surface area contributed by atoms with Gasteiger partial charge in [0.25, 0.3) is 6.43 Å². The fraction of sp³-hybridized carbons (Fsp3) is 0.875. The van der Waals surface area contributed by atoms with Crippen molar-refractivity contribution < 1.29 is 23.0 Å². The Balaban J connectivity index is 3.32. The zero-order valence-electron chi connectivity index (χ0n) is 8.26. The Morgan fingerprint density at radius 3 is 2.64 bits per heavy atom. The quantitative estimate of drug-likeness (QED) is 0.621. The normalized spacial score (nSPS) is 12.9. The van der Waals surface area contributed by atoms with Gasteiger partial charge in [-0.05, 0) is 6.92 Å². The predicted molar refractivity (Wildman–Crippen MR) is 46.3 cm³/mol. The van der Waals surface area contributed by atoms with Crippen LogP contribution in [-0.4, -0.2) is 45.3 Å². The summed E-state index contributed by atoms with van der Waals surface area (Å²) in [5.74, 6) is -0.284. The molecule has 0 saturated carbocycles. The molecule has 0 saturated heterocycles. The second kappa shape index (κ2) is 7.64. The highest BCUT2D eigenvalue weighted by Gasteiger charge is 2.10. The third kappa shape index (κ3) is 6.73. The number of hydrogen-bond acceptors (Lipinski definition) is 3. The highest BCUT2D eigenvalue weighted by atomic mass is 19.3. The van der Waals surface area contributed by atoms with Gasteiger partial charge in [-0.15, -0.1) is 0 Å². The minimum absolute atomic E-state index is 0.0759. The van der Waals surface area contributed by atoms with Crippen molar-refractivity contribution in [2.75, 3.05) is 26.9 Å². The number of alkyl halides is 2. The van der Waals surface area contributed by atoms with Crippen molar-refractivity contribution >= 4 is 5.91 Å². The van der Waals surface area contributed by atoms with E-state index in [1.807, 2.05) is 0 Å². The van der Waals surface area contributed by atoms with E-state index >= 15 is 0 Å². The van der Waals surface area contributed by atoms with Gasteiger partial charge in [-0.25, -0.2) is 8.78 Å². The molecule has 84 valence electrons. The number of carbonyl (C=O) groups is 1. The molecule has 0 fully saturated rings. The number of carbonyl (C=O) groups excluding carboxylic acids is 1. The Morgan fingerprint density at radius 1 is 1.50 bits per heavy atom. The summed E-state index contributed by atoms with van der Waals surface area (Å²) in [5.41, 5.74) is 0. The molecular formula is C8H15F2NO3. The van der Waals surface area contributed by atoms with E-state index in [1.165, 1.54) is 7.11 Å². The number of rotatable bonds is 7. The molecule has 0 radical (unpaired) electrons. The van der Waals surface area contributed by atoms with E-state index in [0.29, 0.717) is 0 Å². The maximum absolute atomic E-state index is 11.6. The molecule has 0 aromatic carbocycles. The van der Waals surface area contributed by atoms with Gasteiger partial charge in [0, 0.05) is 13.7 Å². The molecule has 6 heteroatoms. The molecular weight excluding hydrogens is 196 g/mol. The largest absolute Gasteiger partial charge is 0.374 e. The van der Waals surface area contributed by atoms with Crippen LogP contribution in [0.2, 0.25) is 0 Å². The zero-order chi connectivity index (χ0) is 11.0. The summed E-state index contributed by atoms with van der Waals surface area (Å²) in [6.45, 7) is 1.27. The van der Waals surface area contributed by atoms with Crippen LogP contribution in [-0.2, 0) is 14.3 Å². The maximum Gasteiger partial charge on any atom is 0.261 e. The first-order valence-electron chi connectivity index (χ1n) is 4.24. The van der Waals surface area contributed by atoms with Crippen molar-refractivity contribution in [1.29, 1.82) is 0 Å². The molecule has 1 N–H and O–H groups in total. The molecule has 0 rings (SSSR count). The smallest absolute Gasteiger partial charge is 0.261 e. The fourth-order valence-corrected chi connectivity index (χ4v) is 0.670. The van der Waals surface area contributed by atoms with Gasteiger partial charge >= 0.3 is 0 Å². The number of nitrogens with one attached hydrogen (secondary N) is 1. The lowest BCUT2D eigenvalue weighted by molar-refractivity contribution is -0.130. The van der Waals surface area contributed by atoms with E-state index in [-0.39, 0.29) is 19.1 Å². The number of hydrogen-bond donors (Lipinski definition) is 1. The first-order valence-corrected chi connectivity index (χ1v) is 4.24. The molecule has 0 aliphatic carbocycles. The third-order valence-electron chi connectivity index (χ3n) is 1.51. The Kier molecular flexibility index (Phi) is 7.23. The van der Waals surface area contributed by atoms with Crippen LogP contribution in [0.15, 0.2) is 0 Å². The monoisotopic (exact) mass is 211 g/mol. The molecule has 4 nitrogen and oxygen atoms in total. The topological polar surface area (TPSA) is 47.6 Å². The van der Waals surface area contributed by atoms with Crippen molar-refractivity contribution in [2.24, 2.45) is 0 Å². The Hall–Kier alpha value is -0.750. The maximum atomic E-state index is 11.6. The summed E-state index contributed by atoms with van der Waals surface area (Å²) < 4.78 is 32.4. The number of methoxy groups -OCH3 is 1. The van der Waals surface area contributed by atoms with Crippen LogP contribution >= 0.6 is 0 Å². The second-order valence-corrected chi connectivity index (χ2v) is 2.63. The first-order chi connectivity index (χ1) is 6.57. The molecule has 0 aliphatic rings. The molecule has 1 atom stereocenters. The average molecular weight is 211 g/mol. The molecule has 0 heterocycles. The minimum Gasteiger partial charge on any atom is -0.374 e. The van der Waals surface area contributed by atoms with E-state index in [2.05, 4.69) is 10.1 Å². The number of ether oxygens (including phenoxy) is 2. The summed E-state index contributed by atoms with van der Waals surface area (Å²) in [5, 5.41) is 2.47. The van der Waals surface area contributed by atoms with Gasteiger partial charge in [-0.3, -0.25) is 4.79 Å². The van der Waals surface area contributed by atoms with Crippen molar-refractivity contribution in [3.63, 3.8) is 0 Å². The van der Waals surface area contributed by atoms with Crippen LogP contribution in [0.3, 0.4) is 0 Å². The van der Waals surface area contributed by atoms with E-state index in [9.17, 15) is 13.6 Å². The van der Waals surface area contributed by atoms with Crippen LogP contribution in [0.4, 0.5) is 8.78 Å². The van der Waals surface area contributed by atoms with Crippen LogP contribution in [0.1, 0.15) is 6.92 Å². The third-order valence-corrected chi connectivity index (χ3v) is 1.51. The Labute approximate surface area is 81.6 Å². The first kappa shape index (κ1) is 13.2. The van der Waals surface area contributed by atoms with Gasteiger partial charge in [-0.1, -0.05) is 0 Å². The SMILES string of the molecule is COC(C)C(=O)NCCOCC(F)F. The highest BCUT2D eigenvalue weighted by Crippen LogP contribution is 1.91. The molecule has 0 bridgehead atoms. The highest BCUT2D eigenvalue weighted by molar-refractivity contribution is 5.80. The van der Waals surface area contributed by atoms with Crippen LogP contribution < -0.4 is 5.32 Å². The lowest BCUT2D eigenvalue weighted by Gasteiger charge is -2.10. The van der Waals surface area contributed by atoms with Crippen LogP contribution in [0.25, 0.3) is 0 Å². The van der Waals surface area contributed by atoms with Gasteiger partial charge in [-0.2, -0.15) is 0 Å². The van der Waals surface area contributed by atoms with Gasteiger partial charge in [0.05, 0.1) is 6.61 Å².